The van der Waals surface area contributed by atoms with E-state index in [1.165, 1.54) is 4.90 Å². The molecule has 2 rings (SSSR count). The summed E-state index contributed by atoms with van der Waals surface area (Å²) < 4.78 is 0. The second-order valence-electron chi connectivity index (χ2n) is 6.48. The largest absolute Gasteiger partial charge is 0.465 e. The van der Waals surface area contributed by atoms with Gasteiger partial charge in [0.05, 0.1) is 5.54 Å². The quantitative estimate of drug-likeness (QED) is 0.318. The Labute approximate surface area is 147 Å². The summed E-state index contributed by atoms with van der Waals surface area (Å²) >= 11 is 5.08. The van der Waals surface area contributed by atoms with Gasteiger partial charge < -0.3 is 26.1 Å². The van der Waals surface area contributed by atoms with Crippen molar-refractivity contribution in [3.05, 3.63) is 28.8 Å². The molecule has 0 spiro atoms. The zero-order valence-corrected chi connectivity index (χ0v) is 15.1. The fourth-order valence-corrected chi connectivity index (χ4v) is 3.32. The first kappa shape index (κ1) is 18.4. The molecule has 1 fully saturated rings. The molecule has 0 aliphatic carbocycles. The van der Waals surface area contributed by atoms with Crippen molar-refractivity contribution in [1.82, 2.24) is 15.6 Å². The van der Waals surface area contributed by atoms with E-state index in [1.54, 1.807) is 0 Å². The van der Waals surface area contributed by atoms with Crippen LogP contribution in [-0.2, 0) is 6.42 Å². The van der Waals surface area contributed by atoms with Crippen molar-refractivity contribution in [3.63, 3.8) is 0 Å². The zero-order valence-electron chi connectivity index (χ0n) is 14.3. The van der Waals surface area contributed by atoms with Gasteiger partial charge in [-0.3, -0.25) is 0 Å². The maximum Gasteiger partial charge on any atom is 0.407 e. The number of nitrogens with two attached hydrogens (primary N) is 1. The molecule has 0 saturated carbocycles. The first-order valence-electron chi connectivity index (χ1n) is 7.86. The predicted octanol–water partition coefficient (Wildman–Crippen LogP) is 1.35. The molecule has 1 heterocycles. The molecule has 1 aromatic rings. The lowest BCUT2D eigenvalue weighted by molar-refractivity contribution is 0.0667. The van der Waals surface area contributed by atoms with E-state index in [1.807, 2.05) is 26.8 Å². The van der Waals surface area contributed by atoms with Crippen molar-refractivity contribution >= 4 is 29.1 Å². The van der Waals surface area contributed by atoms with Gasteiger partial charge in [-0.05, 0) is 62.2 Å². The molecule has 1 aliphatic heterocycles. The molecule has 0 unspecified atom stereocenters. The fourth-order valence-electron chi connectivity index (χ4n) is 3.21. The lowest BCUT2D eigenvalue weighted by Crippen LogP contribution is -2.62. The SMILES string of the molecule is Cc1cc(C[C@@]2(C)CNCCN2C(=O)O)c(C)c(NC(=S)NN)c1. The van der Waals surface area contributed by atoms with E-state index in [-0.39, 0.29) is 0 Å². The number of rotatable bonds is 3. The minimum absolute atomic E-state index is 0.340. The standard InChI is InChI=1S/C16H25N5O2S/c1-10-6-12(11(2)13(7-10)19-14(24)20-17)8-16(3)9-18-4-5-21(16)15(22)23/h6-7,18H,4-5,8-9,17H2,1-3H3,(H,22,23)(H2,19,20,24)/t16-/m0/s1. The van der Waals surface area contributed by atoms with Crippen LogP contribution in [0.5, 0.6) is 0 Å². The van der Waals surface area contributed by atoms with Gasteiger partial charge in [-0.1, -0.05) is 6.07 Å². The van der Waals surface area contributed by atoms with Crippen molar-refractivity contribution in [2.75, 3.05) is 25.0 Å². The van der Waals surface area contributed by atoms with E-state index in [0.717, 1.165) is 22.4 Å². The van der Waals surface area contributed by atoms with Crippen LogP contribution in [0.1, 0.15) is 23.6 Å². The molecule has 1 aromatic carbocycles. The molecule has 6 N–H and O–H groups in total. The first-order chi connectivity index (χ1) is 11.3. The third-order valence-electron chi connectivity index (χ3n) is 4.51. The van der Waals surface area contributed by atoms with Crippen LogP contribution >= 0.6 is 12.2 Å². The molecule has 24 heavy (non-hydrogen) atoms. The molecular formula is C16H25N5O2S. The highest BCUT2D eigenvalue weighted by molar-refractivity contribution is 7.80. The summed E-state index contributed by atoms with van der Waals surface area (Å²) in [6, 6.07) is 4.10. The molecular weight excluding hydrogens is 326 g/mol. The van der Waals surface area contributed by atoms with Crippen LogP contribution in [0.15, 0.2) is 12.1 Å². The average molecular weight is 351 g/mol. The molecule has 0 aromatic heterocycles. The van der Waals surface area contributed by atoms with Crippen molar-refractivity contribution in [2.24, 2.45) is 5.84 Å². The van der Waals surface area contributed by atoms with Crippen LogP contribution in [0.3, 0.4) is 0 Å². The van der Waals surface area contributed by atoms with Crippen molar-refractivity contribution in [3.8, 4) is 0 Å². The number of carboxylic acid groups (broad SMARTS) is 1. The number of hydrogen-bond acceptors (Lipinski definition) is 4. The number of nitrogens with zero attached hydrogens (tertiary/aromatic N) is 1. The minimum Gasteiger partial charge on any atom is -0.465 e. The number of hydrogen-bond donors (Lipinski definition) is 5. The predicted molar refractivity (Wildman–Crippen MR) is 99.2 cm³/mol. The highest BCUT2D eigenvalue weighted by Gasteiger charge is 2.38. The summed E-state index contributed by atoms with van der Waals surface area (Å²) in [4.78, 5) is 13.1. The Morgan fingerprint density at radius 2 is 2.21 bits per heavy atom. The molecule has 7 nitrogen and oxygen atoms in total. The van der Waals surface area contributed by atoms with Gasteiger partial charge in [0.1, 0.15) is 0 Å². The number of aryl methyl sites for hydroxylation is 1. The number of carbonyl (C=O) groups is 1. The number of nitrogens with one attached hydrogen (secondary N) is 3. The number of thiocarbonyl (C=S) groups is 1. The van der Waals surface area contributed by atoms with Gasteiger partial charge in [0.2, 0.25) is 0 Å². The summed E-state index contributed by atoms with van der Waals surface area (Å²) in [5, 5.41) is 16.2. The van der Waals surface area contributed by atoms with Crippen LogP contribution in [0.4, 0.5) is 10.5 Å². The Morgan fingerprint density at radius 1 is 1.50 bits per heavy atom. The Balaban J connectivity index is 2.34. The smallest absolute Gasteiger partial charge is 0.407 e. The normalized spacial score (nSPS) is 20.6. The molecule has 1 saturated heterocycles. The van der Waals surface area contributed by atoms with Crippen molar-refractivity contribution in [1.29, 1.82) is 0 Å². The lowest BCUT2D eigenvalue weighted by Gasteiger charge is -2.44. The van der Waals surface area contributed by atoms with Gasteiger partial charge >= 0.3 is 6.09 Å². The third kappa shape index (κ3) is 3.95. The molecule has 8 heteroatoms. The fraction of sp³-hybridized carbons (Fsp3) is 0.500. The molecule has 132 valence electrons. The summed E-state index contributed by atoms with van der Waals surface area (Å²) in [6.45, 7) is 7.78. The van der Waals surface area contributed by atoms with Gasteiger partial charge in [0.15, 0.2) is 5.11 Å². The second-order valence-corrected chi connectivity index (χ2v) is 6.89. The second kappa shape index (κ2) is 7.33. The zero-order chi connectivity index (χ0) is 17.9. The van der Waals surface area contributed by atoms with Crippen LogP contribution in [0.25, 0.3) is 0 Å². The average Bonchev–Trinajstić information content (AvgIpc) is 2.51. The summed E-state index contributed by atoms with van der Waals surface area (Å²) in [7, 11) is 0. The minimum atomic E-state index is -0.879. The van der Waals surface area contributed by atoms with Gasteiger partial charge in [0, 0.05) is 25.3 Å². The Kier molecular flexibility index (Phi) is 5.63. The van der Waals surface area contributed by atoms with E-state index < -0.39 is 11.6 Å². The number of amides is 1. The summed E-state index contributed by atoms with van der Waals surface area (Å²) in [5.74, 6) is 5.33. The third-order valence-corrected chi connectivity index (χ3v) is 4.73. The lowest BCUT2D eigenvalue weighted by atomic mass is 9.86. The maximum atomic E-state index is 11.6. The summed E-state index contributed by atoms with van der Waals surface area (Å²) in [5.41, 5.74) is 6.00. The van der Waals surface area contributed by atoms with Gasteiger partial charge in [-0.25, -0.2) is 10.6 Å². The monoisotopic (exact) mass is 351 g/mol. The molecule has 1 amide bonds. The number of benzene rings is 1. The molecule has 1 aliphatic rings. The first-order valence-corrected chi connectivity index (χ1v) is 8.26. The Hall–Kier alpha value is -1.90. The van der Waals surface area contributed by atoms with Gasteiger partial charge in [0.25, 0.3) is 0 Å². The molecule has 0 radical (unpaired) electrons. The highest BCUT2D eigenvalue weighted by atomic mass is 32.1. The topological polar surface area (TPSA) is 103 Å². The Morgan fingerprint density at radius 3 is 2.83 bits per heavy atom. The van der Waals surface area contributed by atoms with E-state index in [9.17, 15) is 9.90 Å². The van der Waals surface area contributed by atoms with Crippen LogP contribution in [0.2, 0.25) is 0 Å². The van der Waals surface area contributed by atoms with Crippen LogP contribution in [-0.4, -0.2) is 46.4 Å². The van der Waals surface area contributed by atoms with Crippen LogP contribution < -0.4 is 21.9 Å². The van der Waals surface area contributed by atoms with Gasteiger partial charge in [-0.2, -0.15) is 0 Å². The van der Waals surface area contributed by atoms with E-state index in [2.05, 4.69) is 22.1 Å². The van der Waals surface area contributed by atoms with Crippen molar-refractivity contribution in [2.45, 2.75) is 32.7 Å². The van der Waals surface area contributed by atoms with E-state index in [0.29, 0.717) is 31.2 Å². The number of piperazine rings is 1. The Bertz CT molecular complexity index is 652. The summed E-state index contributed by atoms with van der Waals surface area (Å²) in [6.07, 6.45) is -0.256. The van der Waals surface area contributed by atoms with E-state index >= 15 is 0 Å². The van der Waals surface area contributed by atoms with Crippen LogP contribution in [0, 0.1) is 13.8 Å². The molecule has 1 atom stereocenters. The highest BCUT2D eigenvalue weighted by Crippen LogP contribution is 2.28. The van der Waals surface area contributed by atoms with Crippen molar-refractivity contribution < 1.29 is 9.90 Å². The van der Waals surface area contributed by atoms with E-state index in [4.69, 9.17) is 18.1 Å². The molecule has 0 bridgehead atoms. The number of hydrazine groups is 1. The number of anilines is 1. The maximum absolute atomic E-state index is 11.6. The van der Waals surface area contributed by atoms with Gasteiger partial charge in [-0.15, -0.1) is 0 Å².